The van der Waals surface area contributed by atoms with Gasteiger partial charge in [-0.05, 0) is 17.5 Å². The van der Waals surface area contributed by atoms with E-state index in [1.165, 1.54) is 17.5 Å². The molecule has 0 bridgehead atoms. The molecular formula is C15H24FN. The van der Waals surface area contributed by atoms with E-state index in [0.717, 1.165) is 13.0 Å². The average Bonchev–Trinajstić information content (AvgIpc) is 2.29. The third kappa shape index (κ3) is 4.86. The molecule has 1 aliphatic rings. The predicted molar refractivity (Wildman–Crippen MR) is 72.0 cm³/mol. The van der Waals surface area contributed by atoms with E-state index in [1.807, 2.05) is 0 Å². The first-order chi connectivity index (χ1) is 8.19. The minimum absolute atomic E-state index is 0.593. The van der Waals surface area contributed by atoms with Crippen LogP contribution < -0.4 is 0 Å². The molecule has 0 aromatic heterocycles. The van der Waals surface area contributed by atoms with E-state index in [4.69, 9.17) is 0 Å². The number of alkyl halides is 1. The van der Waals surface area contributed by atoms with Crippen LogP contribution in [0.5, 0.6) is 0 Å². The molecule has 0 unspecified atom stereocenters. The zero-order valence-electron chi connectivity index (χ0n) is 11.2. The van der Waals surface area contributed by atoms with Crippen molar-refractivity contribution in [3.05, 3.63) is 35.4 Å². The molecular weight excluding hydrogens is 213 g/mol. The fourth-order valence-electron chi connectivity index (χ4n) is 1.77. The third-order valence-electron chi connectivity index (χ3n) is 2.75. The normalized spacial score (nSPS) is 16.0. The van der Waals surface area contributed by atoms with E-state index < -0.39 is 6.17 Å². The Kier molecular flexibility index (Phi) is 6.20. The highest BCUT2D eigenvalue weighted by atomic mass is 19.1. The Morgan fingerprint density at radius 1 is 1.06 bits per heavy atom. The maximum atomic E-state index is 12.5. The summed E-state index contributed by atoms with van der Waals surface area (Å²) in [6.07, 6.45) is 1.74. The van der Waals surface area contributed by atoms with Crippen molar-refractivity contribution in [2.24, 2.45) is 0 Å². The van der Waals surface area contributed by atoms with Crippen LogP contribution in [0.4, 0.5) is 4.39 Å². The lowest BCUT2D eigenvalue weighted by atomic mass is 10.1. The molecule has 1 aromatic rings. The zero-order valence-corrected chi connectivity index (χ0v) is 11.2. The number of nitrogens with zero attached hydrogens (tertiary/aromatic N) is 1. The van der Waals surface area contributed by atoms with Crippen molar-refractivity contribution < 1.29 is 4.39 Å². The summed E-state index contributed by atoms with van der Waals surface area (Å²) >= 11 is 0. The summed E-state index contributed by atoms with van der Waals surface area (Å²) in [6, 6.07) is 8.60. The van der Waals surface area contributed by atoms with Gasteiger partial charge in [0, 0.05) is 19.6 Å². The Hall–Kier alpha value is -0.890. The molecule has 0 N–H and O–H groups in total. The standard InChI is InChI=1S/C12H16FN.C3H8/c1-2-10-3-5-11(6-4-10)7-14-8-12(13)9-14;1-3-2/h3-6,12H,2,7-9H2,1H3;3H2,1-2H3. The van der Waals surface area contributed by atoms with Gasteiger partial charge in [0.05, 0.1) is 0 Å². The van der Waals surface area contributed by atoms with Crippen LogP contribution >= 0.6 is 0 Å². The fraction of sp³-hybridized carbons (Fsp3) is 0.600. The second kappa shape index (κ2) is 7.44. The van der Waals surface area contributed by atoms with Crippen molar-refractivity contribution in [1.82, 2.24) is 4.90 Å². The molecule has 0 radical (unpaired) electrons. The molecule has 0 atom stereocenters. The van der Waals surface area contributed by atoms with Gasteiger partial charge < -0.3 is 0 Å². The van der Waals surface area contributed by atoms with E-state index in [9.17, 15) is 4.39 Å². The molecule has 1 saturated heterocycles. The smallest absolute Gasteiger partial charge is 0.125 e. The van der Waals surface area contributed by atoms with Gasteiger partial charge >= 0.3 is 0 Å². The molecule has 1 heterocycles. The van der Waals surface area contributed by atoms with Crippen molar-refractivity contribution >= 4 is 0 Å². The van der Waals surface area contributed by atoms with Crippen LogP contribution in [0.25, 0.3) is 0 Å². The van der Waals surface area contributed by atoms with Crippen molar-refractivity contribution in [2.75, 3.05) is 13.1 Å². The van der Waals surface area contributed by atoms with Crippen molar-refractivity contribution in [2.45, 2.75) is 46.3 Å². The number of aryl methyl sites for hydroxylation is 1. The number of halogens is 1. The Balaban J connectivity index is 0.000000437. The van der Waals surface area contributed by atoms with Crippen LogP contribution in [-0.4, -0.2) is 24.2 Å². The summed E-state index contributed by atoms with van der Waals surface area (Å²) in [6.45, 7) is 8.51. The summed E-state index contributed by atoms with van der Waals surface area (Å²) in [5, 5.41) is 0. The lowest BCUT2D eigenvalue weighted by Gasteiger charge is -2.34. The summed E-state index contributed by atoms with van der Waals surface area (Å²) in [5.74, 6) is 0. The largest absolute Gasteiger partial charge is 0.293 e. The van der Waals surface area contributed by atoms with E-state index >= 15 is 0 Å². The maximum Gasteiger partial charge on any atom is 0.125 e. The van der Waals surface area contributed by atoms with Crippen LogP contribution in [0.1, 0.15) is 38.3 Å². The highest BCUT2D eigenvalue weighted by Crippen LogP contribution is 2.15. The molecule has 2 rings (SSSR count). The van der Waals surface area contributed by atoms with Crippen LogP contribution in [0.3, 0.4) is 0 Å². The molecule has 1 aliphatic heterocycles. The molecule has 0 amide bonds. The highest BCUT2D eigenvalue weighted by Gasteiger charge is 2.25. The van der Waals surface area contributed by atoms with Crippen LogP contribution in [0.15, 0.2) is 24.3 Å². The molecule has 17 heavy (non-hydrogen) atoms. The average molecular weight is 237 g/mol. The van der Waals surface area contributed by atoms with Gasteiger partial charge in [0.25, 0.3) is 0 Å². The minimum Gasteiger partial charge on any atom is -0.293 e. The van der Waals surface area contributed by atoms with Crippen molar-refractivity contribution in [3.8, 4) is 0 Å². The van der Waals surface area contributed by atoms with E-state index in [-0.39, 0.29) is 0 Å². The molecule has 0 aliphatic carbocycles. The molecule has 1 nitrogen and oxygen atoms in total. The monoisotopic (exact) mass is 237 g/mol. The highest BCUT2D eigenvalue weighted by molar-refractivity contribution is 5.22. The SMILES string of the molecule is CCC.CCc1ccc(CN2CC(F)C2)cc1. The lowest BCUT2D eigenvalue weighted by molar-refractivity contribution is 0.0591. The first-order valence-corrected chi connectivity index (χ1v) is 6.63. The maximum absolute atomic E-state index is 12.5. The molecule has 0 spiro atoms. The van der Waals surface area contributed by atoms with E-state index in [1.54, 1.807) is 0 Å². The van der Waals surface area contributed by atoms with Gasteiger partial charge in [-0.1, -0.05) is 51.5 Å². The number of hydrogen-bond acceptors (Lipinski definition) is 1. The van der Waals surface area contributed by atoms with E-state index in [0.29, 0.717) is 13.1 Å². The van der Waals surface area contributed by atoms with Gasteiger partial charge in [-0.2, -0.15) is 0 Å². The van der Waals surface area contributed by atoms with Gasteiger partial charge in [-0.3, -0.25) is 4.90 Å². The first kappa shape index (κ1) is 14.2. The minimum atomic E-state index is -0.593. The number of rotatable bonds is 3. The first-order valence-electron chi connectivity index (χ1n) is 6.63. The van der Waals surface area contributed by atoms with Gasteiger partial charge in [-0.25, -0.2) is 4.39 Å². The number of hydrogen-bond donors (Lipinski definition) is 0. The summed E-state index contributed by atoms with van der Waals surface area (Å²) in [5.41, 5.74) is 2.65. The molecule has 1 fully saturated rings. The van der Waals surface area contributed by atoms with Gasteiger partial charge in [0.15, 0.2) is 0 Å². The Bertz CT molecular complexity index is 301. The third-order valence-corrected chi connectivity index (χ3v) is 2.75. The second-order valence-electron chi connectivity index (χ2n) is 4.67. The molecule has 96 valence electrons. The van der Waals surface area contributed by atoms with Crippen LogP contribution in [-0.2, 0) is 13.0 Å². The Morgan fingerprint density at radius 3 is 1.94 bits per heavy atom. The quantitative estimate of drug-likeness (QED) is 0.772. The van der Waals surface area contributed by atoms with Crippen molar-refractivity contribution in [3.63, 3.8) is 0 Å². The summed E-state index contributed by atoms with van der Waals surface area (Å²) < 4.78 is 12.5. The van der Waals surface area contributed by atoms with Gasteiger partial charge in [0.1, 0.15) is 6.17 Å². The Morgan fingerprint density at radius 2 is 1.53 bits per heavy atom. The summed E-state index contributed by atoms with van der Waals surface area (Å²) in [4.78, 5) is 2.13. The Labute approximate surface area is 105 Å². The topological polar surface area (TPSA) is 3.24 Å². The zero-order chi connectivity index (χ0) is 12.7. The summed E-state index contributed by atoms with van der Waals surface area (Å²) in [7, 11) is 0. The molecule has 0 saturated carbocycles. The lowest BCUT2D eigenvalue weighted by Crippen LogP contribution is -2.47. The van der Waals surface area contributed by atoms with Crippen LogP contribution in [0, 0.1) is 0 Å². The van der Waals surface area contributed by atoms with Gasteiger partial charge in [0.2, 0.25) is 0 Å². The van der Waals surface area contributed by atoms with Crippen molar-refractivity contribution in [1.29, 1.82) is 0 Å². The number of likely N-dealkylation sites (tertiary alicyclic amines) is 1. The molecule has 1 aromatic carbocycles. The van der Waals surface area contributed by atoms with Crippen LogP contribution in [0.2, 0.25) is 0 Å². The van der Waals surface area contributed by atoms with Gasteiger partial charge in [-0.15, -0.1) is 0 Å². The fourth-order valence-corrected chi connectivity index (χ4v) is 1.77. The molecule has 2 heteroatoms. The van der Waals surface area contributed by atoms with E-state index in [2.05, 4.69) is 49.9 Å². The predicted octanol–water partition coefficient (Wildman–Crippen LogP) is 3.82. The number of benzene rings is 1. The second-order valence-corrected chi connectivity index (χ2v) is 4.67.